The summed E-state index contributed by atoms with van der Waals surface area (Å²) in [6.07, 6.45) is 8.37. The quantitative estimate of drug-likeness (QED) is 0.582. The molecule has 2 aliphatic carbocycles. The van der Waals surface area contributed by atoms with E-state index in [1.54, 1.807) is 5.57 Å². The van der Waals surface area contributed by atoms with Gasteiger partial charge in [-0.3, -0.25) is 0 Å². The van der Waals surface area contributed by atoms with Crippen molar-refractivity contribution in [1.29, 1.82) is 0 Å². The average molecular weight is 292 g/mol. The van der Waals surface area contributed by atoms with Crippen LogP contribution in [0.4, 0.5) is 0 Å². The second-order valence-electron chi connectivity index (χ2n) is 8.46. The van der Waals surface area contributed by atoms with Gasteiger partial charge in [0.2, 0.25) is 0 Å². The van der Waals surface area contributed by atoms with Gasteiger partial charge in [0.15, 0.2) is 0 Å². The standard InChI is InChI=1S/C22H28/c1-15-13-16-9-7-8-10-19(16)20(15)22(5,6)18-12-11-17(14-18)21(2,3)4/h7-11,13-14,20H,12H2,1-6H3. The Balaban J connectivity index is 1.97. The zero-order valence-electron chi connectivity index (χ0n) is 14.8. The highest BCUT2D eigenvalue weighted by Gasteiger charge is 2.39. The van der Waals surface area contributed by atoms with Gasteiger partial charge in [-0.05, 0) is 40.9 Å². The molecule has 2 aliphatic rings. The third-order valence-electron chi connectivity index (χ3n) is 5.43. The van der Waals surface area contributed by atoms with Crippen LogP contribution < -0.4 is 0 Å². The maximum absolute atomic E-state index is 2.47. The molecule has 1 unspecified atom stereocenters. The van der Waals surface area contributed by atoms with E-state index >= 15 is 0 Å². The molecule has 0 saturated heterocycles. The second-order valence-corrected chi connectivity index (χ2v) is 8.46. The fraction of sp³-hybridized carbons (Fsp3) is 0.455. The van der Waals surface area contributed by atoms with Crippen molar-refractivity contribution in [2.45, 2.75) is 53.9 Å². The van der Waals surface area contributed by atoms with Gasteiger partial charge in [-0.1, -0.05) is 88.3 Å². The molecule has 1 aromatic rings. The molecule has 1 aromatic carbocycles. The van der Waals surface area contributed by atoms with Crippen molar-refractivity contribution in [2.75, 3.05) is 0 Å². The Morgan fingerprint density at radius 1 is 0.955 bits per heavy atom. The Bertz CT molecular complexity index is 687. The number of hydrogen-bond acceptors (Lipinski definition) is 0. The van der Waals surface area contributed by atoms with E-state index in [9.17, 15) is 0 Å². The van der Waals surface area contributed by atoms with Crippen LogP contribution in [0.25, 0.3) is 6.08 Å². The molecule has 0 saturated carbocycles. The summed E-state index contributed by atoms with van der Waals surface area (Å²) in [7, 11) is 0. The second kappa shape index (κ2) is 4.98. The predicted octanol–water partition coefficient (Wildman–Crippen LogP) is 6.52. The summed E-state index contributed by atoms with van der Waals surface area (Å²) in [5.41, 5.74) is 7.87. The largest absolute Gasteiger partial charge is 0.0767 e. The fourth-order valence-corrected chi connectivity index (χ4v) is 4.12. The minimum atomic E-state index is 0.163. The van der Waals surface area contributed by atoms with E-state index < -0.39 is 0 Å². The van der Waals surface area contributed by atoms with Crippen LogP contribution >= 0.6 is 0 Å². The zero-order chi connectivity index (χ0) is 16.1. The Labute approximate surface area is 135 Å². The van der Waals surface area contributed by atoms with Gasteiger partial charge in [0.05, 0.1) is 0 Å². The van der Waals surface area contributed by atoms with Crippen LogP contribution in [-0.4, -0.2) is 0 Å². The number of hydrogen-bond donors (Lipinski definition) is 0. The van der Waals surface area contributed by atoms with E-state index in [0.29, 0.717) is 5.92 Å². The molecule has 0 radical (unpaired) electrons. The molecule has 1 atom stereocenters. The van der Waals surface area contributed by atoms with Crippen LogP contribution in [0.5, 0.6) is 0 Å². The zero-order valence-corrected chi connectivity index (χ0v) is 14.8. The molecule has 0 aromatic heterocycles. The maximum atomic E-state index is 2.47. The first-order chi connectivity index (χ1) is 10.2. The van der Waals surface area contributed by atoms with Crippen molar-refractivity contribution in [3.8, 4) is 0 Å². The minimum Gasteiger partial charge on any atom is -0.0767 e. The van der Waals surface area contributed by atoms with Gasteiger partial charge in [-0.15, -0.1) is 0 Å². The minimum absolute atomic E-state index is 0.163. The van der Waals surface area contributed by atoms with E-state index in [1.165, 1.54) is 22.3 Å². The predicted molar refractivity (Wildman–Crippen MR) is 96.9 cm³/mol. The van der Waals surface area contributed by atoms with Gasteiger partial charge < -0.3 is 0 Å². The van der Waals surface area contributed by atoms with Crippen LogP contribution in [0.1, 0.15) is 65.0 Å². The molecule has 0 heterocycles. The molecule has 0 fully saturated rings. The Morgan fingerprint density at radius 3 is 2.27 bits per heavy atom. The first kappa shape index (κ1) is 15.3. The highest BCUT2D eigenvalue weighted by molar-refractivity contribution is 5.67. The normalized spacial score (nSPS) is 21.4. The summed E-state index contributed by atoms with van der Waals surface area (Å²) < 4.78 is 0. The van der Waals surface area contributed by atoms with Gasteiger partial charge in [0.25, 0.3) is 0 Å². The number of fused-ring (bicyclic) bond motifs is 1. The van der Waals surface area contributed by atoms with E-state index in [-0.39, 0.29) is 10.8 Å². The molecule has 22 heavy (non-hydrogen) atoms. The molecule has 0 bridgehead atoms. The lowest BCUT2D eigenvalue weighted by Gasteiger charge is -2.35. The van der Waals surface area contributed by atoms with E-state index in [0.717, 1.165) is 6.42 Å². The lowest BCUT2D eigenvalue weighted by Crippen LogP contribution is -2.24. The van der Waals surface area contributed by atoms with Crippen molar-refractivity contribution in [2.24, 2.45) is 10.8 Å². The van der Waals surface area contributed by atoms with Crippen LogP contribution in [0.15, 0.2) is 53.1 Å². The maximum Gasteiger partial charge on any atom is 0.0143 e. The summed E-state index contributed by atoms with van der Waals surface area (Å²) in [4.78, 5) is 0. The monoisotopic (exact) mass is 292 g/mol. The lowest BCUT2D eigenvalue weighted by molar-refractivity contribution is 0.382. The summed E-state index contributed by atoms with van der Waals surface area (Å²) in [5, 5.41) is 0. The Kier molecular flexibility index (Phi) is 3.47. The summed E-state index contributed by atoms with van der Waals surface area (Å²) in [6.45, 7) is 14.1. The Hall–Kier alpha value is -1.56. The van der Waals surface area contributed by atoms with Crippen LogP contribution in [0, 0.1) is 10.8 Å². The van der Waals surface area contributed by atoms with Crippen molar-refractivity contribution >= 4 is 6.08 Å². The summed E-state index contributed by atoms with van der Waals surface area (Å²) in [5.74, 6) is 0.502. The Morgan fingerprint density at radius 2 is 1.64 bits per heavy atom. The van der Waals surface area contributed by atoms with Gasteiger partial charge in [0, 0.05) is 5.92 Å². The number of rotatable bonds is 2. The molecule has 0 spiro atoms. The smallest absolute Gasteiger partial charge is 0.0143 e. The third-order valence-corrected chi connectivity index (χ3v) is 5.43. The summed E-state index contributed by atoms with van der Waals surface area (Å²) in [6, 6.07) is 8.88. The van der Waals surface area contributed by atoms with Gasteiger partial charge in [-0.2, -0.15) is 0 Å². The van der Waals surface area contributed by atoms with Crippen LogP contribution in [0.3, 0.4) is 0 Å². The molecule has 0 heteroatoms. The van der Waals surface area contributed by atoms with Crippen molar-refractivity contribution in [3.63, 3.8) is 0 Å². The molecule has 0 amide bonds. The molecular formula is C22H28. The first-order valence-electron chi connectivity index (χ1n) is 8.40. The average Bonchev–Trinajstić information content (AvgIpc) is 3.01. The third kappa shape index (κ3) is 2.39. The number of allylic oxidation sites excluding steroid dienone is 5. The SMILES string of the molecule is CC1=Cc2ccccc2C1C(C)(C)C1=CC(C(C)(C)C)=CC1. The summed E-state index contributed by atoms with van der Waals surface area (Å²) >= 11 is 0. The van der Waals surface area contributed by atoms with E-state index in [4.69, 9.17) is 0 Å². The van der Waals surface area contributed by atoms with E-state index in [2.05, 4.69) is 84.0 Å². The highest BCUT2D eigenvalue weighted by Crippen LogP contribution is 2.53. The van der Waals surface area contributed by atoms with Crippen molar-refractivity contribution < 1.29 is 0 Å². The molecule has 0 aliphatic heterocycles. The molecule has 0 N–H and O–H groups in total. The van der Waals surface area contributed by atoms with Gasteiger partial charge in [0.1, 0.15) is 0 Å². The lowest BCUT2D eigenvalue weighted by atomic mass is 9.68. The topological polar surface area (TPSA) is 0 Å². The van der Waals surface area contributed by atoms with Crippen LogP contribution in [0.2, 0.25) is 0 Å². The van der Waals surface area contributed by atoms with Crippen LogP contribution in [-0.2, 0) is 0 Å². The van der Waals surface area contributed by atoms with Gasteiger partial charge in [-0.25, -0.2) is 0 Å². The first-order valence-corrected chi connectivity index (χ1v) is 8.40. The fourth-order valence-electron chi connectivity index (χ4n) is 4.12. The van der Waals surface area contributed by atoms with E-state index in [1.807, 2.05) is 0 Å². The van der Waals surface area contributed by atoms with Gasteiger partial charge >= 0.3 is 0 Å². The van der Waals surface area contributed by atoms with Crippen molar-refractivity contribution in [3.05, 3.63) is 64.3 Å². The highest BCUT2D eigenvalue weighted by atomic mass is 14.4. The molecular weight excluding hydrogens is 264 g/mol. The number of benzene rings is 1. The molecule has 116 valence electrons. The molecule has 3 rings (SSSR count). The molecule has 0 nitrogen and oxygen atoms in total. The van der Waals surface area contributed by atoms with Crippen molar-refractivity contribution in [1.82, 2.24) is 0 Å².